The van der Waals surface area contributed by atoms with E-state index in [1.807, 2.05) is 6.07 Å². The van der Waals surface area contributed by atoms with E-state index in [2.05, 4.69) is 74.7 Å². The van der Waals surface area contributed by atoms with Crippen molar-refractivity contribution in [2.45, 2.75) is 40.2 Å². The topological polar surface area (TPSA) is 24.1 Å². The van der Waals surface area contributed by atoms with Gasteiger partial charge in [0.15, 0.2) is 5.11 Å². The van der Waals surface area contributed by atoms with Crippen molar-refractivity contribution in [2.75, 3.05) is 5.32 Å². The van der Waals surface area contributed by atoms with Gasteiger partial charge in [-0.15, -0.1) is 0 Å². The average molecular weight is 312 g/mol. The lowest BCUT2D eigenvalue weighted by Gasteiger charge is -2.19. The smallest absolute Gasteiger partial charge is 0.171 e. The number of nitrogens with one attached hydrogen (secondary N) is 2. The number of thiocarbonyl (C=S) groups is 1. The highest BCUT2D eigenvalue weighted by Crippen LogP contribution is 2.19. The van der Waals surface area contributed by atoms with Crippen molar-refractivity contribution in [1.82, 2.24) is 5.32 Å². The third-order valence-corrected chi connectivity index (χ3v) is 4.31. The molecule has 1 atom stereocenters. The third kappa shape index (κ3) is 4.08. The van der Waals surface area contributed by atoms with E-state index in [1.54, 1.807) is 0 Å². The van der Waals surface area contributed by atoms with Gasteiger partial charge >= 0.3 is 0 Å². The minimum Gasteiger partial charge on any atom is -0.356 e. The number of hydrogen-bond donors (Lipinski definition) is 2. The molecule has 1 unspecified atom stereocenters. The number of anilines is 1. The first kappa shape index (κ1) is 16.5. The molecule has 0 amide bonds. The molecule has 0 saturated heterocycles. The molecule has 3 heteroatoms. The second-order valence-electron chi connectivity index (χ2n) is 5.66. The Labute approximate surface area is 139 Å². The van der Waals surface area contributed by atoms with Crippen LogP contribution in [0.1, 0.15) is 42.1 Å². The summed E-state index contributed by atoms with van der Waals surface area (Å²) in [5.41, 5.74) is 6.14. The Hall–Kier alpha value is -1.87. The Morgan fingerprint density at radius 1 is 1.09 bits per heavy atom. The van der Waals surface area contributed by atoms with Crippen LogP contribution in [-0.2, 0) is 6.42 Å². The Morgan fingerprint density at radius 3 is 2.41 bits per heavy atom. The zero-order valence-corrected chi connectivity index (χ0v) is 14.6. The van der Waals surface area contributed by atoms with Gasteiger partial charge in [0.05, 0.1) is 6.04 Å². The average Bonchev–Trinajstić information content (AvgIpc) is 2.52. The van der Waals surface area contributed by atoms with Crippen LogP contribution >= 0.6 is 12.2 Å². The summed E-state index contributed by atoms with van der Waals surface area (Å²) in [6, 6.07) is 15.1. The summed E-state index contributed by atoms with van der Waals surface area (Å²) < 4.78 is 0. The largest absolute Gasteiger partial charge is 0.356 e. The number of hydrogen-bond acceptors (Lipinski definition) is 1. The molecule has 2 rings (SSSR count). The van der Waals surface area contributed by atoms with E-state index in [0.717, 1.165) is 12.1 Å². The highest BCUT2D eigenvalue weighted by Gasteiger charge is 2.08. The van der Waals surface area contributed by atoms with Gasteiger partial charge in [0.25, 0.3) is 0 Å². The van der Waals surface area contributed by atoms with Crippen LogP contribution in [0.5, 0.6) is 0 Å². The molecule has 0 spiro atoms. The molecule has 0 bridgehead atoms. The quantitative estimate of drug-likeness (QED) is 0.784. The van der Waals surface area contributed by atoms with Crippen LogP contribution in [0.3, 0.4) is 0 Å². The van der Waals surface area contributed by atoms with Gasteiger partial charge in [-0.2, -0.15) is 0 Å². The van der Waals surface area contributed by atoms with Crippen LogP contribution in [0.25, 0.3) is 0 Å². The zero-order valence-electron chi connectivity index (χ0n) is 13.7. The molecule has 0 aromatic heterocycles. The molecule has 0 aliphatic carbocycles. The van der Waals surface area contributed by atoms with Crippen LogP contribution in [0, 0.1) is 13.8 Å². The summed E-state index contributed by atoms with van der Waals surface area (Å²) >= 11 is 5.44. The summed E-state index contributed by atoms with van der Waals surface area (Å²) in [7, 11) is 0. The fraction of sp³-hybridized carbons (Fsp3) is 0.316. The lowest BCUT2D eigenvalue weighted by molar-refractivity contribution is 0.722. The molecular weight excluding hydrogens is 288 g/mol. The molecule has 2 aromatic carbocycles. The van der Waals surface area contributed by atoms with Crippen molar-refractivity contribution in [3.05, 3.63) is 64.7 Å². The summed E-state index contributed by atoms with van der Waals surface area (Å²) in [5, 5.41) is 7.30. The van der Waals surface area contributed by atoms with Crippen LogP contribution in [0.2, 0.25) is 0 Å². The monoisotopic (exact) mass is 312 g/mol. The maximum atomic E-state index is 5.44. The van der Waals surface area contributed by atoms with E-state index in [0.29, 0.717) is 5.11 Å². The Bertz CT molecular complexity index is 647. The van der Waals surface area contributed by atoms with Gasteiger partial charge < -0.3 is 10.6 Å². The molecule has 0 aliphatic rings. The van der Waals surface area contributed by atoms with Gasteiger partial charge in [-0.1, -0.05) is 43.3 Å². The summed E-state index contributed by atoms with van der Waals surface area (Å²) in [6.45, 7) is 8.50. The van der Waals surface area contributed by atoms with Gasteiger partial charge in [0, 0.05) is 5.69 Å². The van der Waals surface area contributed by atoms with Gasteiger partial charge in [0.2, 0.25) is 0 Å². The van der Waals surface area contributed by atoms with Crippen molar-refractivity contribution in [3.63, 3.8) is 0 Å². The van der Waals surface area contributed by atoms with Gasteiger partial charge in [-0.05, 0) is 67.7 Å². The number of rotatable bonds is 4. The second-order valence-corrected chi connectivity index (χ2v) is 6.07. The lowest BCUT2D eigenvalue weighted by atomic mass is 10.1. The van der Waals surface area contributed by atoms with E-state index in [4.69, 9.17) is 12.2 Å². The molecule has 0 heterocycles. The maximum Gasteiger partial charge on any atom is 0.171 e. The first-order valence-electron chi connectivity index (χ1n) is 7.73. The highest BCUT2D eigenvalue weighted by molar-refractivity contribution is 7.80. The van der Waals surface area contributed by atoms with Crippen molar-refractivity contribution >= 4 is 23.0 Å². The second kappa shape index (κ2) is 7.41. The molecule has 2 nitrogen and oxygen atoms in total. The zero-order chi connectivity index (χ0) is 16.1. The highest BCUT2D eigenvalue weighted by atomic mass is 32.1. The molecular formula is C19H24N2S. The lowest BCUT2D eigenvalue weighted by Crippen LogP contribution is -2.31. The molecule has 116 valence electrons. The molecule has 0 saturated carbocycles. The van der Waals surface area contributed by atoms with Gasteiger partial charge in [-0.3, -0.25) is 0 Å². The molecule has 22 heavy (non-hydrogen) atoms. The molecule has 0 fully saturated rings. The minimum atomic E-state index is 0.177. The fourth-order valence-corrected chi connectivity index (χ4v) is 2.65. The molecule has 0 radical (unpaired) electrons. The van der Waals surface area contributed by atoms with Crippen LogP contribution in [0.4, 0.5) is 5.69 Å². The SMILES string of the molecule is CCc1ccc(C(C)NC(=S)Nc2cccc(C)c2C)cc1. The van der Waals surface area contributed by atoms with Crippen LogP contribution in [0.15, 0.2) is 42.5 Å². The van der Waals surface area contributed by atoms with Crippen molar-refractivity contribution in [2.24, 2.45) is 0 Å². The molecule has 0 aliphatic heterocycles. The Morgan fingerprint density at radius 2 is 1.77 bits per heavy atom. The fourth-order valence-electron chi connectivity index (χ4n) is 2.37. The normalized spacial score (nSPS) is 11.8. The Kier molecular flexibility index (Phi) is 5.56. The molecule has 2 aromatic rings. The summed E-state index contributed by atoms with van der Waals surface area (Å²) in [5.74, 6) is 0. The van der Waals surface area contributed by atoms with Crippen LogP contribution in [-0.4, -0.2) is 5.11 Å². The van der Waals surface area contributed by atoms with Crippen LogP contribution < -0.4 is 10.6 Å². The van der Waals surface area contributed by atoms with E-state index in [1.165, 1.54) is 22.3 Å². The summed E-state index contributed by atoms with van der Waals surface area (Å²) in [6.07, 6.45) is 1.06. The number of aryl methyl sites for hydroxylation is 2. The maximum absolute atomic E-state index is 5.44. The van der Waals surface area contributed by atoms with Gasteiger partial charge in [0.1, 0.15) is 0 Å². The van der Waals surface area contributed by atoms with E-state index in [-0.39, 0.29) is 6.04 Å². The van der Waals surface area contributed by atoms with E-state index in [9.17, 15) is 0 Å². The van der Waals surface area contributed by atoms with E-state index < -0.39 is 0 Å². The van der Waals surface area contributed by atoms with E-state index >= 15 is 0 Å². The summed E-state index contributed by atoms with van der Waals surface area (Å²) in [4.78, 5) is 0. The first-order chi connectivity index (χ1) is 10.5. The number of benzene rings is 2. The van der Waals surface area contributed by atoms with Crippen molar-refractivity contribution in [3.8, 4) is 0 Å². The Balaban J connectivity index is 2.00. The first-order valence-corrected chi connectivity index (χ1v) is 8.14. The minimum absolute atomic E-state index is 0.177. The third-order valence-electron chi connectivity index (χ3n) is 4.09. The predicted octanol–water partition coefficient (Wildman–Crippen LogP) is 4.91. The molecule has 2 N–H and O–H groups in total. The van der Waals surface area contributed by atoms with Crippen molar-refractivity contribution in [1.29, 1.82) is 0 Å². The van der Waals surface area contributed by atoms with Crippen molar-refractivity contribution < 1.29 is 0 Å². The van der Waals surface area contributed by atoms with Gasteiger partial charge in [-0.25, -0.2) is 0 Å². The standard InChI is InChI=1S/C19H24N2S/c1-5-16-9-11-17(12-10-16)15(4)20-19(22)21-18-8-6-7-13(2)14(18)3/h6-12,15H,5H2,1-4H3,(H2,20,21,22). The predicted molar refractivity (Wildman–Crippen MR) is 99.5 cm³/mol.